The van der Waals surface area contributed by atoms with E-state index >= 15 is 0 Å². The van der Waals surface area contributed by atoms with Crippen LogP contribution in [0.1, 0.15) is 24.8 Å². The van der Waals surface area contributed by atoms with Crippen LogP contribution < -0.4 is 4.74 Å². The van der Waals surface area contributed by atoms with Crippen LogP contribution in [0.3, 0.4) is 0 Å². The van der Waals surface area contributed by atoms with E-state index in [1.807, 2.05) is 0 Å². The van der Waals surface area contributed by atoms with E-state index in [0.717, 1.165) is 12.1 Å². The van der Waals surface area contributed by atoms with Crippen LogP contribution in [0.25, 0.3) is 0 Å². The molecule has 4 N–H and O–H groups in total. The molecule has 30 heavy (non-hydrogen) atoms. The third-order valence-corrected chi connectivity index (χ3v) is 4.92. The Labute approximate surface area is 171 Å². The highest BCUT2D eigenvalue weighted by atomic mass is 19.4. The van der Waals surface area contributed by atoms with E-state index in [1.54, 1.807) is 12.2 Å². The maximum atomic E-state index is 12.7. The van der Waals surface area contributed by atoms with Gasteiger partial charge in [0.2, 0.25) is 0 Å². The lowest BCUT2D eigenvalue weighted by atomic mass is 9.89. The van der Waals surface area contributed by atoms with Gasteiger partial charge < -0.3 is 25.2 Å². The number of carboxylic acid groups (broad SMARTS) is 1. The molecular formula is C21H25F3O6. The summed E-state index contributed by atoms with van der Waals surface area (Å²) in [5.74, 6) is -1.82. The van der Waals surface area contributed by atoms with Crippen LogP contribution in [0.5, 0.6) is 5.75 Å². The molecule has 2 rings (SSSR count). The molecule has 1 aliphatic rings. The molecule has 1 aromatic carbocycles. The van der Waals surface area contributed by atoms with Gasteiger partial charge >= 0.3 is 12.1 Å². The average molecular weight is 430 g/mol. The van der Waals surface area contributed by atoms with Gasteiger partial charge in [0.05, 0.1) is 24.2 Å². The van der Waals surface area contributed by atoms with E-state index in [-0.39, 0.29) is 31.1 Å². The number of halogens is 3. The molecule has 1 aromatic rings. The zero-order valence-electron chi connectivity index (χ0n) is 16.1. The van der Waals surface area contributed by atoms with Crippen LogP contribution >= 0.6 is 0 Å². The molecule has 0 bridgehead atoms. The number of aliphatic hydroxyl groups excluding tert-OH is 3. The molecule has 0 aromatic heterocycles. The number of carboxylic acids is 1. The van der Waals surface area contributed by atoms with Gasteiger partial charge in [0.15, 0.2) is 0 Å². The summed E-state index contributed by atoms with van der Waals surface area (Å²) in [4.78, 5) is 10.5. The van der Waals surface area contributed by atoms with Crippen molar-refractivity contribution in [3.8, 4) is 5.75 Å². The second-order valence-electron chi connectivity index (χ2n) is 7.21. The Balaban J connectivity index is 1.92. The van der Waals surface area contributed by atoms with Gasteiger partial charge in [-0.3, -0.25) is 4.79 Å². The van der Waals surface area contributed by atoms with Crippen molar-refractivity contribution in [1.29, 1.82) is 0 Å². The molecule has 166 valence electrons. The largest absolute Gasteiger partial charge is 0.491 e. The summed E-state index contributed by atoms with van der Waals surface area (Å²) >= 11 is 0. The van der Waals surface area contributed by atoms with Gasteiger partial charge in [0.1, 0.15) is 18.5 Å². The molecule has 0 heterocycles. The minimum Gasteiger partial charge on any atom is -0.491 e. The van der Waals surface area contributed by atoms with Crippen molar-refractivity contribution < 1.29 is 43.1 Å². The number of rotatable bonds is 9. The number of carbonyl (C=O) groups is 1. The number of hydrogen-bond acceptors (Lipinski definition) is 5. The Hall–Kier alpha value is -2.36. The number of benzene rings is 1. The number of hydrogen-bond donors (Lipinski definition) is 4. The summed E-state index contributed by atoms with van der Waals surface area (Å²) in [6, 6.07) is 4.31. The minimum atomic E-state index is -4.49. The number of allylic oxidation sites excluding steroid dienone is 1. The topological polar surface area (TPSA) is 107 Å². The van der Waals surface area contributed by atoms with Crippen molar-refractivity contribution in [2.75, 3.05) is 6.61 Å². The first kappa shape index (κ1) is 23.9. The van der Waals surface area contributed by atoms with Crippen LogP contribution in [0.15, 0.2) is 48.6 Å². The maximum Gasteiger partial charge on any atom is 0.416 e. The van der Waals surface area contributed by atoms with Gasteiger partial charge in [-0.25, -0.2) is 0 Å². The summed E-state index contributed by atoms with van der Waals surface area (Å²) in [6.07, 6.45) is -0.832. The summed E-state index contributed by atoms with van der Waals surface area (Å²) in [5.41, 5.74) is -0.855. The molecule has 0 radical (unpaired) electrons. The van der Waals surface area contributed by atoms with Crippen molar-refractivity contribution >= 4 is 5.97 Å². The fraction of sp³-hybridized carbons (Fsp3) is 0.476. The maximum absolute atomic E-state index is 12.7. The van der Waals surface area contributed by atoms with Gasteiger partial charge in [0, 0.05) is 12.3 Å². The molecule has 0 spiro atoms. The lowest BCUT2D eigenvalue weighted by molar-refractivity contribution is -0.138. The average Bonchev–Trinajstić information content (AvgIpc) is 2.93. The Morgan fingerprint density at radius 3 is 2.63 bits per heavy atom. The second kappa shape index (κ2) is 10.6. The molecule has 0 amide bonds. The first-order valence-electron chi connectivity index (χ1n) is 9.47. The van der Waals surface area contributed by atoms with Crippen molar-refractivity contribution in [1.82, 2.24) is 0 Å². The molecule has 0 saturated heterocycles. The molecule has 9 heteroatoms. The number of alkyl halides is 3. The van der Waals surface area contributed by atoms with E-state index in [2.05, 4.69) is 0 Å². The zero-order valence-corrected chi connectivity index (χ0v) is 16.1. The smallest absolute Gasteiger partial charge is 0.416 e. The van der Waals surface area contributed by atoms with E-state index in [0.29, 0.717) is 6.42 Å². The van der Waals surface area contributed by atoms with Gasteiger partial charge in [-0.15, -0.1) is 0 Å². The fourth-order valence-corrected chi connectivity index (χ4v) is 3.40. The summed E-state index contributed by atoms with van der Waals surface area (Å²) in [7, 11) is 0. The van der Waals surface area contributed by atoms with Crippen LogP contribution in [-0.2, 0) is 11.0 Å². The van der Waals surface area contributed by atoms with Crippen LogP contribution in [-0.4, -0.2) is 51.3 Å². The number of aliphatic carboxylic acids is 1. The first-order chi connectivity index (χ1) is 14.1. The fourth-order valence-electron chi connectivity index (χ4n) is 3.40. The van der Waals surface area contributed by atoms with E-state index in [1.165, 1.54) is 24.3 Å². The normalized spacial score (nSPS) is 25.8. The Morgan fingerprint density at radius 1 is 1.23 bits per heavy atom. The summed E-state index contributed by atoms with van der Waals surface area (Å²) in [6.45, 7) is -0.285. The number of aliphatic hydroxyl groups is 3. The summed E-state index contributed by atoms with van der Waals surface area (Å²) < 4.78 is 43.4. The van der Waals surface area contributed by atoms with Gasteiger partial charge in [-0.2, -0.15) is 13.2 Å². The molecule has 1 saturated carbocycles. The molecule has 1 aliphatic carbocycles. The SMILES string of the molecule is O=C(O)C/C=C\C[C@@H]1[C@@H](/C=C/[C@@H](O)COc2cccc(C(F)(F)F)c2)[C@H](O)C[C@@H]1O. The molecule has 5 atom stereocenters. The minimum absolute atomic E-state index is 0.0324. The van der Waals surface area contributed by atoms with E-state index in [9.17, 15) is 33.3 Å². The molecule has 6 nitrogen and oxygen atoms in total. The lowest BCUT2D eigenvalue weighted by Gasteiger charge is -2.19. The molecular weight excluding hydrogens is 405 g/mol. The predicted molar refractivity (Wildman–Crippen MR) is 102 cm³/mol. The van der Waals surface area contributed by atoms with Crippen LogP contribution in [0, 0.1) is 11.8 Å². The highest BCUT2D eigenvalue weighted by molar-refractivity contribution is 5.68. The van der Waals surface area contributed by atoms with Crippen LogP contribution in [0.2, 0.25) is 0 Å². The predicted octanol–water partition coefficient (Wildman–Crippen LogP) is 2.78. The highest BCUT2D eigenvalue weighted by Gasteiger charge is 2.39. The third kappa shape index (κ3) is 7.16. The van der Waals surface area contributed by atoms with Gasteiger partial charge in [-0.1, -0.05) is 30.4 Å². The van der Waals surface area contributed by atoms with E-state index < -0.39 is 41.9 Å². The van der Waals surface area contributed by atoms with Crippen molar-refractivity contribution in [2.45, 2.75) is 43.8 Å². The van der Waals surface area contributed by atoms with Crippen molar-refractivity contribution in [2.24, 2.45) is 11.8 Å². The molecule has 0 unspecified atom stereocenters. The third-order valence-electron chi connectivity index (χ3n) is 4.92. The number of ether oxygens (including phenoxy) is 1. The monoisotopic (exact) mass is 430 g/mol. The van der Waals surface area contributed by atoms with Gasteiger partial charge in [0.25, 0.3) is 0 Å². The second-order valence-corrected chi connectivity index (χ2v) is 7.21. The Bertz CT molecular complexity index is 761. The van der Waals surface area contributed by atoms with Crippen LogP contribution in [0.4, 0.5) is 13.2 Å². The standard InChI is InChI=1S/C21H25F3O6/c22-21(23,24)13-4-3-5-15(10-13)30-12-14(25)8-9-17-16(18(26)11-19(17)27)6-1-2-7-20(28)29/h1-5,8-10,14,16-19,25-27H,6-7,11-12H2,(H,28,29)/b2-1-,9-8+/t14-,16-,17-,18+,19-/m1/s1. The first-order valence-corrected chi connectivity index (χ1v) is 9.47. The summed E-state index contributed by atoms with van der Waals surface area (Å²) in [5, 5.41) is 39.0. The van der Waals surface area contributed by atoms with Gasteiger partial charge in [-0.05, 0) is 30.5 Å². The van der Waals surface area contributed by atoms with Crippen molar-refractivity contribution in [3.05, 3.63) is 54.1 Å². The lowest BCUT2D eigenvalue weighted by Crippen LogP contribution is -2.21. The molecule has 0 aliphatic heterocycles. The highest BCUT2D eigenvalue weighted by Crippen LogP contribution is 2.36. The molecule has 1 fully saturated rings. The van der Waals surface area contributed by atoms with E-state index in [4.69, 9.17) is 9.84 Å². The van der Waals surface area contributed by atoms with Crippen molar-refractivity contribution in [3.63, 3.8) is 0 Å². The quantitative estimate of drug-likeness (QED) is 0.449. The Morgan fingerprint density at radius 2 is 1.97 bits per heavy atom. The zero-order chi connectivity index (χ0) is 22.3. The Kier molecular flexibility index (Phi) is 8.45.